The first-order valence-corrected chi connectivity index (χ1v) is 5.13. The lowest BCUT2D eigenvalue weighted by Gasteiger charge is -2.13. The molecule has 2 atom stereocenters. The molecular formula is C10H22N2. The maximum absolute atomic E-state index is 3.50. The van der Waals surface area contributed by atoms with Crippen molar-refractivity contribution in [3.8, 4) is 0 Å². The Balaban J connectivity index is 1.83. The van der Waals surface area contributed by atoms with Crippen molar-refractivity contribution in [3.05, 3.63) is 0 Å². The molecular weight excluding hydrogens is 148 g/mol. The van der Waals surface area contributed by atoms with E-state index in [2.05, 4.69) is 31.1 Å². The Morgan fingerprint density at radius 3 is 2.67 bits per heavy atom. The van der Waals surface area contributed by atoms with Crippen LogP contribution in [0.5, 0.6) is 0 Å². The lowest BCUT2D eigenvalue weighted by Crippen LogP contribution is -2.30. The summed E-state index contributed by atoms with van der Waals surface area (Å²) in [4.78, 5) is 2.34. The lowest BCUT2D eigenvalue weighted by atomic mass is 10.3. The van der Waals surface area contributed by atoms with Crippen molar-refractivity contribution in [3.63, 3.8) is 0 Å². The van der Waals surface area contributed by atoms with Crippen molar-refractivity contribution < 1.29 is 0 Å². The summed E-state index contributed by atoms with van der Waals surface area (Å²) in [5, 5.41) is 3.50. The number of likely N-dealkylation sites (N-methyl/N-ethyl adjacent to an activating group) is 1. The highest BCUT2D eigenvalue weighted by Gasteiger charge is 2.31. The Morgan fingerprint density at radius 1 is 1.50 bits per heavy atom. The van der Waals surface area contributed by atoms with Gasteiger partial charge in [0.1, 0.15) is 0 Å². The van der Waals surface area contributed by atoms with Gasteiger partial charge in [-0.05, 0) is 38.4 Å². The minimum absolute atomic E-state index is 0.983. The van der Waals surface area contributed by atoms with Gasteiger partial charge in [-0.15, -0.1) is 0 Å². The molecule has 0 aliphatic heterocycles. The maximum Gasteiger partial charge on any atom is 0.0104 e. The third-order valence-corrected chi connectivity index (χ3v) is 2.89. The van der Waals surface area contributed by atoms with Crippen LogP contribution < -0.4 is 5.32 Å². The molecule has 1 fully saturated rings. The van der Waals surface area contributed by atoms with Crippen LogP contribution in [0.15, 0.2) is 0 Å². The normalized spacial score (nSPS) is 28.0. The van der Waals surface area contributed by atoms with Crippen LogP contribution in [0.1, 0.15) is 20.3 Å². The van der Waals surface area contributed by atoms with E-state index in [0.717, 1.165) is 24.9 Å². The van der Waals surface area contributed by atoms with Crippen molar-refractivity contribution in [1.82, 2.24) is 10.2 Å². The van der Waals surface area contributed by atoms with E-state index < -0.39 is 0 Å². The van der Waals surface area contributed by atoms with Gasteiger partial charge in [-0.25, -0.2) is 0 Å². The zero-order valence-electron chi connectivity index (χ0n) is 8.64. The highest BCUT2D eigenvalue weighted by atomic mass is 15.1. The third kappa shape index (κ3) is 3.55. The number of hydrogen-bond donors (Lipinski definition) is 1. The fourth-order valence-corrected chi connectivity index (χ4v) is 1.40. The van der Waals surface area contributed by atoms with Gasteiger partial charge in [0.15, 0.2) is 0 Å². The number of rotatable bonds is 6. The molecule has 2 heteroatoms. The molecule has 12 heavy (non-hydrogen) atoms. The van der Waals surface area contributed by atoms with Gasteiger partial charge in [0.2, 0.25) is 0 Å². The van der Waals surface area contributed by atoms with Crippen molar-refractivity contribution >= 4 is 0 Å². The SMILES string of the molecule is CCN(C)CCNCC1CC1C. The molecule has 1 N–H and O–H groups in total. The molecule has 0 saturated heterocycles. The summed E-state index contributed by atoms with van der Waals surface area (Å²) in [6.45, 7) is 9.25. The summed E-state index contributed by atoms with van der Waals surface area (Å²) >= 11 is 0. The van der Waals surface area contributed by atoms with Crippen molar-refractivity contribution in [1.29, 1.82) is 0 Å². The molecule has 0 aromatic heterocycles. The van der Waals surface area contributed by atoms with Crippen LogP contribution in [0.4, 0.5) is 0 Å². The van der Waals surface area contributed by atoms with E-state index in [9.17, 15) is 0 Å². The smallest absolute Gasteiger partial charge is 0.0104 e. The topological polar surface area (TPSA) is 15.3 Å². The molecule has 1 aliphatic rings. The van der Waals surface area contributed by atoms with Crippen molar-refractivity contribution in [2.45, 2.75) is 20.3 Å². The van der Waals surface area contributed by atoms with Crippen LogP contribution in [0.2, 0.25) is 0 Å². The number of hydrogen-bond acceptors (Lipinski definition) is 2. The van der Waals surface area contributed by atoms with Gasteiger partial charge in [-0.3, -0.25) is 0 Å². The minimum atomic E-state index is 0.983. The fraction of sp³-hybridized carbons (Fsp3) is 1.00. The summed E-state index contributed by atoms with van der Waals surface area (Å²) < 4.78 is 0. The number of nitrogens with one attached hydrogen (secondary N) is 1. The van der Waals surface area contributed by atoms with E-state index in [0.29, 0.717) is 0 Å². The standard InChI is InChI=1S/C10H22N2/c1-4-12(3)6-5-11-8-10-7-9(10)2/h9-11H,4-8H2,1-3H3. The largest absolute Gasteiger partial charge is 0.315 e. The Labute approximate surface area is 76.3 Å². The first-order valence-electron chi connectivity index (χ1n) is 5.13. The van der Waals surface area contributed by atoms with Crippen molar-refractivity contribution in [2.75, 3.05) is 33.2 Å². The van der Waals surface area contributed by atoms with Gasteiger partial charge < -0.3 is 10.2 Å². The van der Waals surface area contributed by atoms with E-state index in [1.54, 1.807) is 0 Å². The van der Waals surface area contributed by atoms with E-state index >= 15 is 0 Å². The predicted molar refractivity (Wildman–Crippen MR) is 53.3 cm³/mol. The first kappa shape index (κ1) is 10.0. The molecule has 0 radical (unpaired) electrons. The lowest BCUT2D eigenvalue weighted by molar-refractivity contribution is 0.348. The second kappa shape index (κ2) is 4.83. The Kier molecular flexibility index (Phi) is 4.02. The summed E-state index contributed by atoms with van der Waals surface area (Å²) in [6, 6.07) is 0. The zero-order valence-corrected chi connectivity index (χ0v) is 8.64. The second-order valence-corrected chi connectivity index (χ2v) is 4.07. The van der Waals surface area contributed by atoms with Crippen LogP contribution in [-0.2, 0) is 0 Å². The van der Waals surface area contributed by atoms with Crippen LogP contribution in [0.25, 0.3) is 0 Å². The summed E-state index contributed by atoms with van der Waals surface area (Å²) in [6.07, 6.45) is 1.44. The van der Waals surface area contributed by atoms with Crippen molar-refractivity contribution in [2.24, 2.45) is 11.8 Å². The molecule has 0 bridgehead atoms. The Morgan fingerprint density at radius 2 is 2.17 bits per heavy atom. The molecule has 72 valence electrons. The van der Waals surface area contributed by atoms with Crippen LogP contribution in [0, 0.1) is 11.8 Å². The average molecular weight is 170 g/mol. The minimum Gasteiger partial charge on any atom is -0.315 e. The van der Waals surface area contributed by atoms with Gasteiger partial charge in [0.05, 0.1) is 0 Å². The molecule has 1 rings (SSSR count). The van der Waals surface area contributed by atoms with Crippen LogP contribution in [0.3, 0.4) is 0 Å². The quantitative estimate of drug-likeness (QED) is 0.602. The molecule has 0 amide bonds. The maximum atomic E-state index is 3.50. The Bertz CT molecular complexity index is 119. The average Bonchev–Trinajstić information content (AvgIpc) is 2.75. The summed E-state index contributed by atoms with van der Waals surface area (Å²) in [5.74, 6) is 1.97. The van der Waals surface area contributed by atoms with E-state index in [-0.39, 0.29) is 0 Å². The van der Waals surface area contributed by atoms with E-state index in [1.165, 1.54) is 19.5 Å². The highest BCUT2D eigenvalue weighted by molar-refractivity contribution is 4.83. The second-order valence-electron chi connectivity index (χ2n) is 4.07. The molecule has 1 saturated carbocycles. The molecule has 2 nitrogen and oxygen atoms in total. The van der Waals surface area contributed by atoms with Gasteiger partial charge in [0, 0.05) is 13.1 Å². The molecule has 0 aromatic carbocycles. The van der Waals surface area contributed by atoms with Crippen LogP contribution >= 0.6 is 0 Å². The molecule has 0 spiro atoms. The predicted octanol–water partition coefficient (Wildman–Crippen LogP) is 1.18. The highest BCUT2D eigenvalue weighted by Crippen LogP contribution is 2.36. The van der Waals surface area contributed by atoms with Gasteiger partial charge in [-0.2, -0.15) is 0 Å². The van der Waals surface area contributed by atoms with E-state index in [4.69, 9.17) is 0 Å². The van der Waals surface area contributed by atoms with Gasteiger partial charge in [0.25, 0.3) is 0 Å². The van der Waals surface area contributed by atoms with Gasteiger partial charge >= 0.3 is 0 Å². The van der Waals surface area contributed by atoms with Crippen LogP contribution in [-0.4, -0.2) is 38.1 Å². The third-order valence-electron chi connectivity index (χ3n) is 2.89. The first-order chi connectivity index (χ1) is 5.74. The van der Waals surface area contributed by atoms with E-state index in [1.807, 2.05) is 0 Å². The Hall–Kier alpha value is -0.0800. The molecule has 2 unspecified atom stereocenters. The zero-order chi connectivity index (χ0) is 8.97. The molecule has 1 aliphatic carbocycles. The monoisotopic (exact) mass is 170 g/mol. The summed E-state index contributed by atoms with van der Waals surface area (Å²) in [5.41, 5.74) is 0. The molecule has 0 aromatic rings. The fourth-order valence-electron chi connectivity index (χ4n) is 1.40. The summed E-state index contributed by atoms with van der Waals surface area (Å²) in [7, 11) is 2.17. The number of nitrogens with zero attached hydrogens (tertiary/aromatic N) is 1. The van der Waals surface area contributed by atoms with Gasteiger partial charge in [-0.1, -0.05) is 13.8 Å². The molecule has 0 heterocycles.